The van der Waals surface area contributed by atoms with Crippen molar-refractivity contribution in [2.75, 3.05) is 0 Å². The van der Waals surface area contributed by atoms with Gasteiger partial charge in [0.15, 0.2) is 5.60 Å². The molecule has 1 aromatic heterocycles. The Hall–Kier alpha value is -2.13. The van der Waals surface area contributed by atoms with E-state index in [9.17, 15) is 9.90 Å². The molecular formula is C10H10N2O4. The average molecular weight is 222 g/mol. The minimum absolute atomic E-state index is 0.0791. The normalized spacial score (nSPS) is 13.8. The summed E-state index contributed by atoms with van der Waals surface area (Å²) in [4.78, 5) is 14.4. The van der Waals surface area contributed by atoms with Gasteiger partial charge in [-0.15, -0.1) is 0 Å². The van der Waals surface area contributed by atoms with Crippen LogP contribution >= 0.6 is 0 Å². The van der Waals surface area contributed by atoms with Crippen LogP contribution < -0.4 is 0 Å². The molecular weight excluding hydrogens is 212 g/mol. The molecule has 0 aliphatic rings. The predicted octanol–water partition coefficient (Wildman–Crippen LogP) is 0.341. The molecule has 0 aliphatic carbocycles. The van der Waals surface area contributed by atoms with Crippen molar-refractivity contribution in [3.05, 3.63) is 23.4 Å². The number of aromatic nitrogens is 1. The molecule has 1 rings (SSSR count). The highest BCUT2D eigenvalue weighted by Crippen LogP contribution is 2.29. The third kappa shape index (κ3) is 1.81. The quantitative estimate of drug-likeness (QED) is 0.679. The van der Waals surface area contributed by atoms with E-state index in [4.69, 9.17) is 15.5 Å². The SMILES string of the molecule is CCC(O)(C(=O)O)c1cc(O)ncc1C#N. The van der Waals surface area contributed by atoms with Crippen molar-refractivity contribution in [3.8, 4) is 11.9 Å². The molecule has 0 bridgehead atoms. The molecule has 16 heavy (non-hydrogen) atoms. The lowest BCUT2D eigenvalue weighted by molar-refractivity contribution is -0.160. The molecule has 1 aromatic rings. The Morgan fingerprint density at radius 2 is 2.31 bits per heavy atom. The maximum Gasteiger partial charge on any atom is 0.340 e. The van der Waals surface area contributed by atoms with E-state index >= 15 is 0 Å². The topological polar surface area (TPSA) is 114 Å². The van der Waals surface area contributed by atoms with Crippen molar-refractivity contribution in [2.24, 2.45) is 0 Å². The molecule has 84 valence electrons. The number of aliphatic hydroxyl groups is 1. The Kier molecular flexibility index (Phi) is 3.11. The third-order valence-corrected chi connectivity index (χ3v) is 2.32. The second-order valence-corrected chi connectivity index (χ2v) is 3.22. The van der Waals surface area contributed by atoms with Gasteiger partial charge < -0.3 is 15.3 Å². The van der Waals surface area contributed by atoms with Gasteiger partial charge >= 0.3 is 5.97 Å². The number of aromatic hydroxyl groups is 1. The summed E-state index contributed by atoms with van der Waals surface area (Å²) in [6, 6.07) is 2.70. The number of pyridine rings is 1. The van der Waals surface area contributed by atoms with E-state index in [-0.39, 0.29) is 17.5 Å². The Morgan fingerprint density at radius 3 is 2.75 bits per heavy atom. The maximum atomic E-state index is 11.0. The van der Waals surface area contributed by atoms with Gasteiger partial charge in [-0.25, -0.2) is 9.78 Å². The molecule has 1 heterocycles. The van der Waals surface area contributed by atoms with Crippen molar-refractivity contribution in [1.29, 1.82) is 5.26 Å². The number of nitriles is 1. The molecule has 1 atom stereocenters. The summed E-state index contributed by atoms with van der Waals surface area (Å²) >= 11 is 0. The molecule has 0 aliphatic heterocycles. The highest BCUT2D eigenvalue weighted by molar-refractivity contribution is 5.80. The third-order valence-electron chi connectivity index (χ3n) is 2.32. The molecule has 0 fully saturated rings. The van der Waals surface area contributed by atoms with Crippen LogP contribution in [0.25, 0.3) is 0 Å². The highest BCUT2D eigenvalue weighted by atomic mass is 16.4. The largest absolute Gasteiger partial charge is 0.493 e. The van der Waals surface area contributed by atoms with E-state index < -0.39 is 17.5 Å². The number of nitrogens with zero attached hydrogens (tertiary/aromatic N) is 2. The Bertz CT molecular complexity index is 466. The van der Waals surface area contributed by atoms with Gasteiger partial charge in [0, 0.05) is 17.8 Å². The van der Waals surface area contributed by atoms with Gasteiger partial charge in [0.1, 0.15) is 6.07 Å². The number of hydrogen-bond acceptors (Lipinski definition) is 5. The molecule has 0 saturated carbocycles. The van der Waals surface area contributed by atoms with Crippen molar-refractivity contribution in [3.63, 3.8) is 0 Å². The molecule has 0 aromatic carbocycles. The maximum absolute atomic E-state index is 11.0. The lowest BCUT2D eigenvalue weighted by atomic mass is 9.89. The van der Waals surface area contributed by atoms with Crippen LogP contribution in [0.4, 0.5) is 0 Å². The minimum atomic E-state index is -2.19. The van der Waals surface area contributed by atoms with Crippen molar-refractivity contribution >= 4 is 5.97 Å². The number of rotatable bonds is 3. The van der Waals surface area contributed by atoms with E-state index in [0.717, 1.165) is 12.3 Å². The van der Waals surface area contributed by atoms with Gasteiger partial charge in [0.05, 0.1) is 5.56 Å². The van der Waals surface area contributed by atoms with Gasteiger partial charge in [-0.1, -0.05) is 6.92 Å². The van der Waals surface area contributed by atoms with Crippen LogP contribution in [0.5, 0.6) is 5.88 Å². The van der Waals surface area contributed by atoms with Crippen LogP contribution in [0.15, 0.2) is 12.3 Å². The first-order valence-electron chi connectivity index (χ1n) is 4.51. The van der Waals surface area contributed by atoms with Crippen molar-refractivity contribution < 1.29 is 20.1 Å². The molecule has 0 spiro atoms. The summed E-state index contributed by atoms with van der Waals surface area (Å²) in [6.45, 7) is 1.47. The van der Waals surface area contributed by atoms with Gasteiger partial charge in [0.2, 0.25) is 5.88 Å². The zero-order chi connectivity index (χ0) is 12.3. The van der Waals surface area contributed by atoms with Crippen LogP contribution in [0.3, 0.4) is 0 Å². The molecule has 0 amide bonds. The van der Waals surface area contributed by atoms with Crippen LogP contribution in [0, 0.1) is 11.3 Å². The first-order chi connectivity index (χ1) is 7.45. The fourth-order valence-electron chi connectivity index (χ4n) is 1.33. The molecule has 0 saturated heterocycles. The van der Waals surface area contributed by atoms with E-state index in [2.05, 4.69) is 4.98 Å². The molecule has 1 unspecified atom stereocenters. The minimum Gasteiger partial charge on any atom is -0.493 e. The van der Waals surface area contributed by atoms with Gasteiger partial charge in [-0.05, 0) is 6.42 Å². The van der Waals surface area contributed by atoms with E-state index in [1.807, 2.05) is 0 Å². The zero-order valence-electron chi connectivity index (χ0n) is 8.51. The summed E-state index contributed by atoms with van der Waals surface area (Å²) in [5, 5.41) is 36.8. The fourth-order valence-corrected chi connectivity index (χ4v) is 1.33. The van der Waals surface area contributed by atoms with E-state index in [1.165, 1.54) is 6.92 Å². The van der Waals surface area contributed by atoms with Gasteiger partial charge in [-0.2, -0.15) is 5.26 Å². The van der Waals surface area contributed by atoms with E-state index in [0.29, 0.717) is 0 Å². The van der Waals surface area contributed by atoms with Crippen molar-refractivity contribution in [1.82, 2.24) is 4.98 Å². The van der Waals surface area contributed by atoms with Crippen LogP contribution in [0.2, 0.25) is 0 Å². The standard InChI is InChI=1S/C10H10N2O4/c1-2-10(16,9(14)15)7-3-8(13)12-5-6(7)4-11/h3,5,16H,2H2,1H3,(H,12,13)(H,14,15). The summed E-state index contributed by atoms with van der Waals surface area (Å²) in [6.07, 6.45) is 0.898. The first kappa shape index (κ1) is 11.9. The van der Waals surface area contributed by atoms with Crippen LogP contribution in [-0.2, 0) is 10.4 Å². The summed E-state index contributed by atoms with van der Waals surface area (Å²) in [7, 11) is 0. The molecule has 6 heteroatoms. The second-order valence-electron chi connectivity index (χ2n) is 3.22. The highest BCUT2D eigenvalue weighted by Gasteiger charge is 2.38. The number of carboxylic acids is 1. The van der Waals surface area contributed by atoms with E-state index in [1.54, 1.807) is 6.07 Å². The molecule has 0 radical (unpaired) electrons. The van der Waals surface area contributed by atoms with Gasteiger partial charge in [0.25, 0.3) is 0 Å². The lowest BCUT2D eigenvalue weighted by Gasteiger charge is -2.22. The zero-order valence-corrected chi connectivity index (χ0v) is 8.51. The average Bonchev–Trinajstić information content (AvgIpc) is 2.27. The summed E-state index contributed by atoms with van der Waals surface area (Å²) in [5.74, 6) is -1.92. The Balaban J connectivity index is 3.47. The Labute approximate surface area is 91.4 Å². The number of carbonyl (C=O) groups is 1. The second kappa shape index (κ2) is 4.16. The first-order valence-corrected chi connectivity index (χ1v) is 4.51. The predicted molar refractivity (Wildman–Crippen MR) is 52.4 cm³/mol. The monoisotopic (exact) mass is 222 g/mol. The number of hydrogen-bond donors (Lipinski definition) is 3. The van der Waals surface area contributed by atoms with Crippen LogP contribution in [0.1, 0.15) is 24.5 Å². The molecule has 3 N–H and O–H groups in total. The van der Waals surface area contributed by atoms with Crippen LogP contribution in [-0.4, -0.2) is 26.3 Å². The smallest absolute Gasteiger partial charge is 0.340 e. The Morgan fingerprint density at radius 1 is 1.69 bits per heavy atom. The van der Waals surface area contributed by atoms with Gasteiger partial charge in [-0.3, -0.25) is 0 Å². The summed E-state index contributed by atoms with van der Waals surface area (Å²) in [5.41, 5.74) is -2.42. The number of carboxylic acid groups (broad SMARTS) is 1. The molecule has 6 nitrogen and oxygen atoms in total. The number of aliphatic carboxylic acids is 1. The lowest BCUT2D eigenvalue weighted by Crippen LogP contribution is -2.35. The van der Waals surface area contributed by atoms with Crippen molar-refractivity contribution in [2.45, 2.75) is 18.9 Å². The summed E-state index contributed by atoms with van der Waals surface area (Å²) < 4.78 is 0. The fraction of sp³-hybridized carbons (Fsp3) is 0.300.